The highest BCUT2D eigenvalue weighted by Gasteiger charge is 2.23. The molecule has 1 fully saturated rings. The summed E-state index contributed by atoms with van der Waals surface area (Å²) in [4.78, 5) is 16.9. The lowest BCUT2D eigenvalue weighted by atomic mass is 10.0. The molecule has 0 unspecified atom stereocenters. The van der Waals surface area contributed by atoms with Gasteiger partial charge in [-0.25, -0.2) is 0 Å². The lowest BCUT2D eigenvalue weighted by molar-refractivity contribution is -0.124. The van der Waals surface area contributed by atoms with Crippen molar-refractivity contribution in [2.45, 2.75) is 45.7 Å². The third-order valence-corrected chi connectivity index (χ3v) is 5.35. The van der Waals surface area contributed by atoms with E-state index in [1.807, 2.05) is 0 Å². The number of ether oxygens (including phenoxy) is 1. The van der Waals surface area contributed by atoms with Gasteiger partial charge in [0.1, 0.15) is 5.75 Å². The first-order valence-corrected chi connectivity index (χ1v) is 9.45. The second-order valence-corrected chi connectivity index (χ2v) is 7.88. The predicted molar refractivity (Wildman–Crippen MR) is 99.9 cm³/mol. The predicted octanol–water partition coefficient (Wildman–Crippen LogP) is 2.04. The Hall–Kier alpha value is -1.59. The summed E-state index contributed by atoms with van der Waals surface area (Å²) in [6, 6.07) is 6.57. The summed E-state index contributed by atoms with van der Waals surface area (Å²) < 4.78 is 5.58. The normalized spacial score (nSPS) is 18.7. The van der Waals surface area contributed by atoms with E-state index < -0.39 is 0 Å². The summed E-state index contributed by atoms with van der Waals surface area (Å²) in [6.45, 7) is 12.5. The Labute approximate surface area is 151 Å². The van der Waals surface area contributed by atoms with Crippen LogP contribution in [-0.2, 0) is 17.8 Å². The molecule has 2 aliphatic rings. The molecule has 25 heavy (non-hydrogen) atoms. The van der Waals surface area contributed by atoms with Crippen molar-refractivity contribution in [2.75, 3.05) is 39.3 Å². The molecule has 1 aromatic carbocycles. The van der Waals surface area contributed by atoms with Crippen molar-refractivity contribution >= 4 is 5.91 Å². The van der Waals surface area contributed by atoms with E-state index in [1.165, 1.54) is 11.1 Å². The second-order valence-electron chi connectivity index (χ2n) is 7.88. The lowest BCUT2D eigenvalue weighted by Crippen LogP contribution is -2.52. The number of hydrogen-bond acceptors (Lipinski definition) is 4. The number of benzene rings is 1. The maximum Gasteiger partial charge on any atom is 0.234 e. The quantitative estimate of drug-likeness (QED) is 0.857. The summed E-state index contributed by atoms with van der Waals surface area (Å²) in [5.41, 5.74) is 2.59. The summed E-state index contributed by atoms with van der Waals surface area (Å²) >= 11 is 0. The van der Waals surface area contributed by atoms with Crippen LogP contribution in [0.5, 0.6) is 5.75 Å². The van der Waals surface area contributed by atoms with Crippen molar-refractivity contribution in [1.29, 1.82) is 0 Å². The molecule has 138 valence electrons. The van der Waals surface area contributed by atoms with Crippen molar-refractivity contribution < 1.29 is 9.53 Å². The van der Waals surface area contributed by atoms with E-state index in [2.05, 4.69) is 54.1 Å². The van der Waals surface area contributed by atoms with Crippen LogP contribution in [0, 0.1) is 0 Å². The zero-order chi connectivity index (χ0) is 17.9. The Morgan fingerprint density at radius 3 is 2.64 bits per heavy atom. The van der Waals surface area contributed by atoms with Crippen LogP contribution in [0.4, 0.5) is 0 Å². The standard InChI is InChI=1S/C20H31N3O2/c1-4-20(2,3)21-19(24)15-23-10-8-22(9-11-23)14-16-5-6-18-17(13-16)7-12-25-18/h5-6,13H,4,7-12,14-15H2,1-3H3,(H,21,24). The van der Waals surface area contributed by atoms with E-state index in [9.17, 15) is 4.79 Å². The molecule has 2 aliphatic heterocycles. The number of rotatable bonds is 6. The average Bonchev–Trinajstić information content (AvgIpc) is 3.04. The lowest BCUT2D eigenvalue weighted by Gasteiger charge is -2.35. The molecular weight excluding hydrogens is 314 g/mol. The minimum atomic E-state index is -0.115. The van der Waals surface area contributed by atoms with Gasteiger partial charge in [-0.1, -0.05) is 19.1 Å². The maximum atomic E-state index is 12.2. The zero-order valence-corrected chi connectivity index (χ0v) is 15.8. The molecular formula is C20H31N3O2. The fourth-order valence-corrected chi connectivity index (χ4v) is 3.41. The Morgan fingerprint density at radius 1 is 1.20 bits per heavy atom. The first kappa shape index (κ1) is 18.2. The Morgan fingerprint density at radius 2 is 1.92 bits per heavy atom. The van der Waals surface area contributed by atoms with Crippen LogP contribution in [0.1, 0.15) is 38.3 Å². The van der Waals surface area contributed by atoms with Crippen molar-refractivity contribution in [3.63, 3.8) is 0 Å². The van der Waals surface area contributed by atoms with E-state index in [4.69, 9.17) is 4.74 Å². The molecule has 0 spiro atoms. The number of carbonyl (C=O) groups excluding carboxylic acids is 1. The number of nitrogens with one attached hydrogen (secondary N) is 1. The van der Waals surface area contributed by atoms with Crippen molar-refractivity contribution in [2.24, 2.45) is 0 Å². The molecule has 0 atom stereocenters. The smallest absolute Gasteiger partial charge is 0.234 e. The van der Waals surface area contributed by atoms with Gasteiger partial charge in [0.25, 0.3) is 0 Å². The molecule has 1 N–H and O–H groups in total. The summed E-state index contributed by atoms with van der Waals surface area (Å²) in [6.07, 6.45) is 1.97. The molecule has 0 radical (unpaired) electrons. The van der Waals surface area contributed by atoms with Gasteiger partial charge in [-0.3, -0.25) is 14.6 Å². The van der Waals surface area contributed by atoms with Crippen LogP contribution < -0.4 is 10.1 Å². The Bertz CT molecular complexity index is 607. The Balaban J connectivity index is 1.43. The topological polar surface area (TPSA) is 44.8 Å². The number of piperazine rings is 1. The molecule has 0 saturated carbocycles. The monoisotopic (exact) mass is 345 g/mol. The average molecular weight is 345 g/mol. The largest absolute Gasteiger partial charge is 0.493 e. The number of amides is 1. The SMILES string of the molecule is CCC(C)(C)NC(=O)CN1CCN(Cc2ccc3c(c2)CCO3)CC1. The molecule has 1 amide bonds. The molecule has 2 heterocycles. The summed E-state index contributed by atoms with van der Waals surface area (Å²) in [7, 11) is 0. The maximum absolute atomic E-state index is 12.2. The van der Waals surface area contributed by atoms with E-state index in [0.29, 0.717) is 6.54 Å². The van der Waals surface area contributed by atoms with Crippen LogP contribution in [0.15, 0.2) is 18.2 Å². The van der Waals surface area contributed by atoms with E-state index >= 15 is 0 Å². The molecule has 0 bridgehead atoms. The van der Waals surface area contributed by atoms with Crippen molar-refractivity contribution in [3.05, 3.63) is 29.3 Å². The molecule has 5 nitrogen and oxygen atoms in total. The number of nitrogens with zero attached hydrogens (tertiary/aromatic N) is 2. The van der Waals surface area contributed by atoms with Gasteiger partial charge >= 0.3 is 0 Å². The first-order valence-electron chi connectivity index (χ1n) is 9.45. The van der Waals surface area contributed by atoms with E-state index in [-0.39, 0.29) is 11.4 Å². The van der Waals surface area contributed by atoms with Crippen LogP contribution >= 0.6 is 0 Å². The molecule has 1 saturated heterocycles. The zero-order valence-electron chi connectivity index (χ0n) is 15.8. The minimum absolute atomic E-state index is 0.115. The Kier molecular flexibility index (Phi) is 5.64. The van der Waals surface area contributed by atoms with Gasteiger partial charge in [-0.05, 0) is 37.5 Å². The van der Waals surface area contributed by atoms with Crippen LogP contribution in [0.3, 0.4) is 0 Å². The summed E-state index contributed by atoms with van der Waals surface area (Å²) in [5.74, 6) is 1.19. The van der Waals surface area contributed by atoms with Crippen molar-refractivity contribution in [1.82, 2.24) is 15.1 Å². The molecule has 5 heteroatoms. The first-order chi connectivity index (χ1) is 11.9. The van der Waals surface area contributed by atoms with Crippen molar-refractivity contribution in [3.8, 4) is 5.75 Å². The minimum Gasteiger partial charge on any atom is -0.493 e. The van der Waals surface area contributed by atoms with E-state index in [1.54, 1.807) is 0 Å². The van der Waals surface area contributed by atoms with Gasteiger partial charge in [0.15, 0.2) is 0 Å². The summed E-state index contributed by atoms with van der Waals surface area (Å²) in [5, 5.41) is 3.12. The van der Waals surface area contributed by atoms with E-state index in [0.717, 1.165) is 57.9 Å². The molecule has 3 rings (SSSR count). The fraction of sp³-hybridized carbons (Fsp3) is 0.650. The van der Waals surface area contributed by atoms with Crippen LogP contribution in [-0.4, -0.2) is 60.6 Å². The molecule has 0 aliphatic carbocycles. The highest BCUT2D eigenvalue weighted by Crippen LogP contribution is 2.26. The molecule has 0 aromatic heterocycles. The highest BCUT2D eigenvalue weighted by molar-refractivity contribution is 5.78. The number of hydrogen-bond donors (Lipinski definition) is 1. The van der Waals surface area contributed by atoms with Gasteiger partial charge in [0, 0.05) is 44.7 Å². The number of fused-ring (bicyclic) bond motifs is 1. The van der Waals surface area contributed by atoms with Gasteiger partial charge < -0.3 is 10.1 Å². The number of carbonyl (C=O) groups is 1. The van der Waals surface area contributed by atoms with Gasteiger partial charge in [-0.2, -0.15) is 0 Å². The second kappa shape index (κ2) is 7.75. The van der Waals surface area contributed by atoms with Crippen LogP contribution in [0.2, 0.25) is 0 Å². The van der Waals surface area contributed by atoms with Crippen LogP contribution in [0.25, 0.3) is 0 Å². The molecule has 1 aromatic rings. The fourth-order valence-electron chi connectivity index (χ4n) is 3.41. The van der Waals surface area contributed by atoms with Gasteiger partial charge in [0.2, 0.25) is 5.91 Å². The third-order valence-electron chi connectivity index (χ3n) is 5.35. The van der Waals surface area contributed by atoms with Gasteiger partial charge in [0.05, 0.1) is 13.2 Å². The van der Waals surface area contributed by atoms with Gasteiger partial charge in [-0.15, -0.1) is 0 Å². The highest BCUT2D eigenvalue weighted by atomic mass is 16.5. The third kappa shape index (κ3) is 4.95.